The summed E-state index contributed by atoms with van der Waals surface area (Å²) in [5.74, 6) is 2.57. The highest BCUT2D eigenvalue weighted by Gasteiger charge is 2.36. The van der Waals surface area contributed by atoms with Gasteiger partial charge in [0.15, 0.2) is 0 Å². The summed E-state index contributed by atoms with van der Waals surface area (Å²) in [6, 6.07) is 0. The molecule has 1 N–H and O–H groups in total. The zero-order valence-electron chi connectivity index (χ0n) is 10.1. The van der Waals surface area contributed by atoms with Gasteiger partial charge in [0.1, 0.15) is 5.60 Å². The first kappa shape index (κ1) is 12.9. The predicted molar refractivity (Wildman–Crippen MR) is 61.0 cm³/mol. The molecule has 4 nitrogen and oxygen atoms in total. The van der Waals surface area contributed by atoms with Gasteiger partial charge in [-0.05, 0) is 27.2 Å². The van der Waals surface area contributed by atoms with Gasteiger partial charge in [-0.2, -0.15) is 0 Å². The van der Waals surface area contributed by atoms with E-state index >= 15 is 0 Å². The maximum absolute atomic E-state index is 11.6. The molecule has 0 spiro atoms. The average molecular weight is 225 g/mol. The number of rotatable bonds is 2. The van der Waals surface area contributed by atoms with Crippen LogP contribution in [-0.4, -0.2) is 30.4 Å². The fourth-order valence-corrected chi connectivity index (χ4v) is 1.60. The lowest BCUT2D eigenvalue weighted by molar-refractivity contribution is 0.0443. The quantitative estimate of drug-likeness (QED) is 0.727. The Kier molecular flexibility index (Phi) is 3.82. The van der Waals surface area contributed by atoms with E-state index in [1.807, 2.05) is 20.8 Å². The van der Waals surface area contributed by atoms with E-state index in [0.29, 0.717) is 19.6 Å². The van der Waals surface area contributed by atoms with Crippen LogP contribution in [0.15, 0.2) is 0 Å². The lowest BCUT2D eigenvalue weighted by Gasteiger charge is -2.28. The Morgan fingerprint density at radius 3 is 2.75 bits per heavy atom. The van der Waals surface area contributed by atoms with E-state index in [1.165, 1.54) is 0 Å². The van der Waals surface area contributed by atoms with Crippen molar-refractivity contribution in [2.24, 2.45) is 0 Å². The highest BCUT2D eigenvalue weighted by molar-refractivity contribution is 5.69. The molecule has 1 amide bonds. The Morgan fingerprint density at radius 2 is 2.31 bits per heavy atom. The number of carbonyl (C=O) groups excluding carboxylic acids is 1. The molecule has 0 aromatic carbocycles. The maximum Gasteiger partial charge on any atom is 0.408 e. The van der Waals surface area contributed by atoms with Gasteiger partial charge in [0.2, 0.25) is 0 Å². The van der Waals surface area contributed by atoms with Gasteiger partial charge in [0.25, 0.3) is 0 Å². The minimum Gasteiger partial charge on any atom is -0.444 e. The first-order valence-electron chi connectivity index (χ1n) is 5.39. The van der Waals surface area contributed by atoms with Gasteiger partial charge in [0, 0.05) is 13.0 Å². The van der Waals surface area contributed by atoms with Gasteiger partial charge in [-0.15, -0.1) is 12.3 Å². The van der Waals surface area contributed by atoms with Crippen LogP contribution in [0.1, 0.15) is 33.6 Å². The zero-order chi connectivity index (χ0) is 12.2. The molecule has 0 saturated carbocycles. The van der Waals surface area contributed by atoms with Crippen molar-refractivity contribution in [3.05, 3.63) is 0 Å². The summed E-state index contributed by atoms with van der Waals surface area (Å²) in [6.07, 6.45) is 6.06. The van der Waals surface area contributed by atoms with E-state index in [2.05, 4.69) is 11.2 Å². The van der Waals surface area contributed by atoms with Gasteiger partial charge in [-0.25, -0.2) is 4.79 Å². The summed E-state index contributed by atoms with van der Waals surface area (Å²) in [5, 5.41) is 2.82. The molecule has 0 aromatic rings. The van der Waals surface area contributed by atoms with Crippen molar-refractivity contribution in [3.8, 4) is 12.3 Å². The second-order valence-corrected chi connectivity index (χ2v) is 5.09. The van der Waals surface area contributed by atoms with E-state index in [0.717, 1.165) is 6.42 Å². The Balaban J connectivity index is 2.56. The summed E-state index contributed by atoms with van der Waals surface area (Å²) in [4.78, 5) is 11.6. The fourth-order valence-electron chi connectivity index (χ4n) is 1.60. The number of alkyl carbamates (subject to hydrolysis) is 1. The highest BCUT2D eigenvalue weighted by Crippen LogP contribution is 2.22. The third kappa shape index (κ3) is 3.74. The van der Waals surface area contributed by atoms with Crippen LogP contribution in [0.25, 0.3) is 0 Å². The molecule has 16 heavy (non-hydrogen) atoms. The summed E-state index contributed by atoms with van der Waals surface area (Å²) < 4.78 is 10.5. The largest absolute Gasteiger partial charge is 0.444 e. The second-order valence-electron chi connectivity index (χ2n) is 5.09. The van der Waals surface area contributed by atoms with Crippen molar-refractivity contribution in [2.45, 2.75) is 44.8 Å². The Bertz CT molecular complexity index is 292. The number of hydrogen-bond acceptors (Lipinski definition) is 3. The summed E-state index contributed by atoms with van der Waals surface area (Å²) in [5.41, 5.74) is -0.946. The van der Waals surface area contributed by atoms with Crippen molar-refractivity contribution in [2.75, 3.05) is 13.2 Å². The molecular formula is C12H19NO3. The summed E-state index contributed by atoms with van der Waals surface area (Å²) in [7, 11) is 0. The number of nitrogens with one attached hydrogen (secondary N) is 1. The standard InChI is InChI=1S/C12H19NO3/c1-5-6-12(7-8-15-9-12)13-10(14)16-11(2,3)4/h1H,6-9H2,2-4H3,(H,13,14). The Morgan fingerprint density at radius 1 is 1.62 bits per heavy atom. The molecule has 90 valence electrons. The van der Waals surface area contributed by atoms with Gasteiger partial charge in [-0.1, -0.05) is 0 Å². The van der Waals surface area contributed by atoms with Gasteiger partial charge >= 0.3 is 6.09 Å². The predicted octanol–water partition coefficient (Wildman–Crippen LogP) is 1.69. The van der Waals surface area contributed by atoms with Crippen molar-refractivity contribution in [3.63, 3.8) is 0 Å². The molecule has 1 atom stereocenters. The normalized spacial score (nSPS) is 24.9. The van der Waals surface area contributed by atoms with E-state index in [4.69, 9.17) is 15.9 Å². The van der Waals surface area contributed by atoms with Gasteiger partial charge in [-0.3, -0.25) is 0 Å². The van der Waals surface area contributed by atoms with Crippen molar-refractivity contribution in [1.29, 1.82) is 0 Å². The van der Waals surface area contributed by atoms with Crippen LogP contribution in [0.2, 0.25) is 0 Å². The molecule has 1 aliphatic heterocycles. The first-order chi connectivity index (χ1) is 7.37. The van der Waals surface area contributed by atoms with E-state index in [1.54, 1.807) is 0 Å². The summed E-state index contributed by atoms with van der Waals surface area (Å²) >= 11 is 0. The van der Waals surface area contributed by atoms with Crippen molar-refractivity contribution >= 4 is 6.09 Å². The Hall–Kier alpha value is -1.21. The number of carbonyl (C=O) groups is 1. The van der Waals surface area contributed by atoms with Gasteiger partial charge < -0.3 is 14.8 Å². The fraction of sp³-hybridized carbons (Fsp3) is 0.750. The molecular weight excluding hydrogens is 206 g/mol. The van der Waals surface area contributed by atoms with Crippen molar-refractivity contribution in [1.82, 2.24) is 5.32 Å². The van der Waals surface area contributed by atoms with Crippen LogP contribution >= 0.6 is 0 Å². The number of terminal acetylenes is 1. The van der Waals surface area contributed by atoms with Crippen LogP contribution < -0.4 is 5.32 Å². The third-order valence-electron chi connectivity index (χ3n) is 2.31. The molecule has 1 rings (SSSR count). The lowest BCUT2D eigenvalue weighted by Crippen LogP contribution is -2.50. The minimum atomic E-state index is -0.499. The van der Waals surface area contributed by atoms with E-state index in [9.17, 15) is 4.79 Å². The first-order valence-corrected chi connectivity index (χ1v) is 5.39. The number of amides is 1. The molecule has 1 unspecified atom stereocenters. The zero-order valence-corrected chi connectivity index (χ0v) is 10.1. The molecule has 0 aromatic heterocycles. The molecule has 0 aliphatic carbocycles. The molecule has 1 aliphatic rings. The molecule has 0 bridgehead atoms. The van der Waals surface area contributed by atoms with Crippen LogP contribution in [0, 0.1) is 12.3 Å². The van der Waals surface area contributed by atoms with Crippen molar-refractivity contribution < 1.29 is 14.3 Å². The average Bonchev–Trinajstić information content (AvgIpc) is 2.49. The molecule has 1 heterocycles. The number of ether oxygens (including phenoxy) is 2. The molecule has 0 radical (unpaired) electrons. The number of hydrogen-bond donors (Lipinski definition) is 1. The topological polar surface area (TPSA) is 47.6 Å². The molecule has 1 saturated heterocycles. The molecule has 4 heteroatoms. The monoisotopic (exact) mass is 225 g/mol. The molecule has 1 fully saturated rings. The van der Waals surface area contributed by atoms with Crippen LogP contribution in [0.5, 0.6) is 0 Å². The van der Waals surface area contributed by atoms with E-state index < -0.39 is 17.2 Å². The maximum atomic E-state index is 11.6. The van der Waals surface area contributed by atoms with E-state index in [-0.39, 0.29) is 0 Å². The summed E-state index contributed by atoms with van der Waals surface area (Å²) in [6.45, 7) is 6.55. The minimum absolute atomic E-state index is 0.437. The van der Waals surface area contributed by atoms with Crippen LogP contribution in [0.4, 0.5) is 4.79 Å². The SMILES string of the molecule is C#CCC1(NC(=O)OC(C)(C)C)CCOC1. The second kappa shape index (κ2) is 4.75. The highest BCUT2D eigenvalue weighted by atomic mass is 16.6. The third-order valence-corrected chi connectivity index (χ3v) is 2.31. The van der Waals surface area contributed by atoms with Crippen LogP contribution in [0.3, 0.4) is 0 Å². The van der Waals surface area contributed by atoms with Crippen LogP contribution in [-0.2, 0) is 9.47 Å². The van der Waals surface area contributed by atoms with Gasteiger partial charge in [0.05, 0.1) is 12.1 Å². The Labute approximate surface area is 96.7 Å². The lowest BCUT2D eigenvalue weighted by atomic mass is 9.95. The smallest absolute Gasteiger partial charge is 0.408 e.